The summed E-state index contributed by atoms with van der Waals surface area (Å²) in [6.45, 7) is 2.64. The van der Waals surface area contributed by atoms with Gasteiger partial charge in [0.05, 0.1) is 17.8 Å². The summed E-state index contributed by atoms with van der Waals surface area (Å²) in [6.07, 6.45) is 1.79. The van der Waals surface area contributed by atoms with E-state index in [1.165, 1.54) is 11.3 Å². The average molecular weight is 291 g/mol. The molecule has 19 heavy (non-hydrogen) atoms. The second kappa shape index (κ2) is 5.11. The molecule has 96 valence electrons. The van der Waals surface area contributed by atoms with Gasteiger partial charge >= 0.3 is 0 Å². The van der Waals surface area contributed by atoms with E-state index in [4.69, 9.17) is 11.6 Å². The van der Waals surface area contributed by atoms with E-state index in [-0.39, 0.29) is 0 Å². The lowest BCUT2D eigenvalue weighted by atomic mass is 10.2. The molecule has 0 bridgehead atoms. The highest BCUT2D eigenvalue weighted by Crippen LogP contribution is 2.24. The Balaban J connectivity index is 1.90. The van der Waals surface area contributed by atoms with Crippen molar-refractivity contribution in [2.24, 2.45) is 0 Å². The van der Waals surface area contributed by atoms with E-state index in [2.05, 4.69) is 20.5 Å². The quantitative estimate of drug-likeness (QED) is 0.800. The normalized spacial score (nSPS) is 10.8. The summed E-state index contributed by atoms with van der Waals surface area (Å²) >= 11 is 7.30. The molecule has 2 aromatic heterocycles. The predicted octanol–water partition coefficient (Wildman–Crippen LogP) is 3.66. The largest absolute Gasteiger partial charge is 0.380 e. The molecule has 2 heterocycles. The van der Waals surface area contributed by atoms with Gasteiger partial charge in [0.2, 0.25) is 0 Å². The van der Waals surface area contributed by atoms with E-state index < -0.39 is 0 Å². The van der Waals surface area contributed by atoms with Gasteiger partial charge in [-0.25, -0.2) is 4.98 Å². The van der Waals surface area contributed by atoms with Gasteiger partial charge in [0.15, 0.2) is 4.47 Å². The molecule has 0 fully saturated rings. The van der Waals surface area contributed by atoms with Gasteiger partial charge in [-0.1, -0.05) is 17.7 Å². The van der Waals surface area contributed by atoms with Crippen molar-refractivity contribution in [3.63, 3.8) is 0 Å². The Labute approximate surface area is 119 Å². The lowest BCUT2D eigenvalue weighted by Gasteiger charge is -2.08. The topological polar surface area (TPSA) is 50.7 Å². The molecule has 0 spiro atoms. The van der Waals surface area contributed by atoms with Gasteiger partial charge in [-0.2, -0.15) is 10.2 Å². The summed E-state index contributed by atoms with van der Waals surface area (Å²) in [5.74, 6) is 0. The highest BCUT2D eigenvalue weighted by atomic mass is 35.5. The zero-order valence-electron chi connectivity index (χ0n) is 10.2. The molecule has 0 aliphatic rings. The minimum Gasteiger partial charge on any atom is -0.380 e. The van der Waals surface area contributed by atoms with E-state index in [0.29, 0.717) is 11.0 Å². The number of anilines is 1. The van der Waals surface area contributed by atoms with Gasteiger partial charge in [-0.05, 0) is 25.1 Å². The highest BCUT2D eigenvalue weighted by Gasteiger charge is 2.04. The van der Waals surface area contributed by atoms with Gasteiger partial charge in [-0.15, -0.1) is 11.3 Å². The number of halogens is 1. The minimum absolute atomic E-state index is 0.566. The van der Waals surface area contributed by atoms with E-state index in [1.807, 2.05) is 31.2 Å². The molecule has 1 aromatic carbocycles. The van der Waals surface area contributed by atoms with Crippen molar-refractivity contribution in [2.75, 3.05) is 5.32 Å². The maximum absolute atomic E-state index is 5.82. The van der Waals surface area contributed by atoms with Crippen LogP contribution in [0.4, 0.5) is 5.69 Å². The number of aromatic nitrogens is 3. The van der Waals surface area contributed by atoms with Crippen LogP contribution in [-0.4, -0.2) is 15.2 Å². The van der Waals surface area contributed by atoms with Crippen molar-refractivity contribution in [2.45, 2.75) is 13.5 Å². The maximum Gasteiger partial charge on any atom is 0.183 e. The Kier molecular flexibility index (Phi) is 3.31. The van der Waals surface area contributed by atoms with Gasteiger partial charge in [0, 0.05) is 22.1 Å². The van der Waals surface area contributed by atoms with Crippen LogP contribution in [0.5, 0.6) is 0 Å². The fourth-order valence-electron chi connectivity index (χ4n) is 1.86. The first kappa shape index (κ1) is 12.3. The Bertz CT molecular complexity index is 725. The molecule has 0 unspecified atom stereocenters. The first-order chi connectivity index (χ1) is 9.22. The monoisotopic (exact) mass is 290 g/mol. The van der Waals surface area contributed by atoms with Crippen LogP contribution < -0.4 is 5.32 Å². The summed E-state index contributed by atoms with van der Waals surface area (Å²) in [6, 6.07) is 7.99. The summed E-state index contributed by atoms with van der Waals surface area (Å²) < 4.78 is 0.566. The fraction of sp³-hybridized carbons (Fsp3) is 0.154. The van der Waals surface area contributed by atoms with Crippen molar-refractivity contribution < 1.29 is 0 Å². The Morgan fingerprint density at radius 2 is 2.21 bits per heavy atom. The third-order valence-electron chi connectivity index (χ3n) is 2.73. The van der Waals surface area contributed by atoms with Crippen molar-refractivity contribution in [1.29, 1.82) is 0 Å². The van der Waals surface area contributed by atoms with Crippen molar-refractivity contribution in [3.8, 4) is 0 Å². The van der Waals surface area contributed by atoms with E-state index in [1.54, 1.807) is 6.20 Å². The number of rotatable bonds is 3. The fourth-order valence-corrected chi connectivity index (χ4v) is 2.78. The van der Waals surface area contributed by atoms with Crippen LogP contribution in [-0.2, 0) is 6.54 Å². The molecule has 3 rings (SSSR count). The lowest BCUT2D eigenvalue weighted by Crippen LogP contribution is -1.99. The Morgan fingerprint density at radius 3 is 3.00 bits per heavy atom. The smallest absolute Gasteiger partial charge is 0.183 e. The van der Waals surface area contributed by atoms with Crippen LogP contribution in [0.15, 0.2) is 30.5 Å². The van der Waals surface area contributed by atoms with E-state index >= 15 is 0 Å². The summed E-state index contributed by atoms with van der Waals surface area (Å²) in [7, 11) is 0. The van der Waals surface area contributed by atoms with E-state index in [0.717, 1.165) is 27.2 Å². The van der Waals surface area contributed by atoms with Crippen LogP contribution in [0, 0.1) is 6.92 Å². The number of aryl methyl sites for hydroxylation is 1. The van der Waals surface area contributed by atoms with Crippen molar-refractivity contribution in [1.82, 2.24) is 15.2 Å². The molecule has 0 saturated carbocycles. The first-order valence-electron chi connectivity index (χ1n) is 5.79. The third kappa shape index (κ3) is 2.67. The standard InChI is InChI=1S/C13H11ClN4S/c1-8-5-10-11(3-2-4-12(10)18-17-8)15-6-9-7-16-13(14)19-9/h2-5,7,15H,6H2,1H3. The second-order valence-corrected chi connectivity index (χ2v) is 5.85. The number of nitrogens with zero attached hydrogens (tertiary/aromatic N) is 3. The van der Waals surface area contributed by atoms with Crippen molar-refractivity contribution in [3.05, 3.63) is 45.5 Å². The van der Waals surface area contributed by atoms with Crippen LogP contribution >= 0.6 is 22.9 Å². The lowest BCUT2D eigenvalue weighted by molar-refractivity contribution is 1.02. The molecule has 6 heteroatoms. The zero-order chi connectivity index (χ0) is 13.2. The average Bonchev–Trinajstić information content (AvgIpc) is 2.82. The van der Waals surface area contributed by atoms with Crippen LogP contribution in [0.2, 0.25) is 4.47 Å². The molecule has 0 saturated heterocycles. The number of thiazole rings is 1. The van der Waals surface area contributed by atoms with Gasteiger partial charge in [0.1, 0.15) is 0 Å². The third-order valence-corrected chi connectivity index (χ3v) is 3.85. The molecule has 0 atom stereocenters. The number of benzene rings is 1. The summed E-state index contributed by atoms with van der Waals surface area (Å²) in [5.41, 5.74) is 2.83. The number of hydrogen-bond acceptors (Lipinski definition) is 5. The SMILES string of the molecule is Cc1cc2c(NCc3cnc(Cl)s3)cccc2nn1. The molecule has 0 radical (unpaired) electrons. The molecular weight excluding hydrogens is 280 g/mol. The van der Waals surface area contributed by atoms with Crippen molar-refractivity contribution >= 4 is 39.5 Å². The molecule has 3 aromatic rings. The number of nitrogens with one attached hydrogen (secondary N) is 1. The molecule has 1 N–H and O–H groups in total. The summed E-state index contributed by atoms with van der Waals surface area (Å²) in [4.78, 5) is 5.12. The first-order valence-corrected chi connectivity index (χ1v) is 6.99. The number of fused-ring (bicyclic) bond motifs is 1. The predicted molar refractivity (Wildman–Crippen MR) is 78.7 cm³/mol. The maximum atomic E-state index is 5.82. The molecular formula is C13H11ClN4S. The van der Waals surface area contributed by atoms with Gasteiger partial charge in [0.25, 0.3) is 0 Å². The van der Waals surface area contributed by atoms with Crippen LogP contribution in [0.3, 0.4) is 0 Å². The zero-order valence-corrected chi connectivity index (χ0v) is 11.8. The Morgan fingerprint density at radius 1 is 1.32 bits per heavy atom. The van der Waals surface area contributed by atoms with Gasteiger partial charge < -0.3 is 5.32 Å². The van der Waals surface area contributed by atoms with E-state index in [9.17, 15) is 0 Å². The molecule has 0 aliphatic carbocycles. The van der Waals surface area contributed by atoms with Crippen LogP contribution in [0.1, 0.15) is 10.6 Å². The second-order valence-electron chi connectivity index (χ2n) is 4.16. The molecule has 0 aliphatic heterocycles. The van der Waals surface area contributed by atoms with Gasteiger partial charge in [-0.3, -0.25) is 0 Å². The van der Waals surface area contributed by atoms with Crippen LogP contribution in [0.25, 0.3) is 10.9 Å². The Hall–Kier alpha value is -1.72. The highest BCUT2D eigenvalue weighted by molar-refractivity contribution is 7.15. The summed E-state index contributed by atoms with van der Waals surface area (Å²) in [5, 5.41) is 12.7. The molecule has 0 amide bonds. The molecule has 4 nitrogen and oxygen atoms in total. The minimum atomic E-state index is 0.566. The number of hydrogen-bond donors (Lipinski definition) is 1.